The normalized spacial score (nSPS) is 12.3. The molecule has 0 radical (unpaired) electrons. The second-order valence-corrected chi connectivity index (χ2v) is 11.1. The predicted molar refractivity (Wildman–Crippen MR) is 116 cm³/mol. The molecular weight excluding hydrogens is 445 g/mol. The third kappa shape index (κ3) is 23.9. The summed E-state index contributed by atoms with van der Waals surface area (Å²) in [6.07, 6.45) is 1.43. The van der Waals surface area contributed by atoms with Crippen molar-refractivity contribution in [3.05, 3.63) is 0 Å². The highest BCUT2D eigenvalue weighted by Crippen LogP contribution is 2.20. The van der Waals surface area contributed by atoms with E-state index in [-0.39, 0.29) is 5.97 Å². The number of thioether (sulfide) groups is 1. The van der Waals surface area contributed by atoms with Crippen LogP contribution >= 0.6 is 11.8 Å². The van der Waals surface area contributed by atoms with Gasteiger partial charge in [-0.2, -0.15) is 11.8 Å². The Hall–Kier alpha value is -0.338. The summed E-state index contributed by atoms with van der Waals surface area (Å²) in [5, 5.41) is 0. The molecule has 182 valence electrons. The third-order valence-electron chi connectivity index (χ3n) is 3.34. The lowest BCUT2D eigenvalue weighted by Gasteiger charge is -2.28. The van der Waals surface area contributed by atoms with E-state index in [1.807, 2.05) is 20.8 Å². The van der Waals surface area contributed by atoms with E-state index < -0.39 is 16.1 Å². The molecular formula is C17H38BF4NO5SSi. The van der Waals surface area contributed by atoms with Gasteiger partial charge >= 0.3 is 22.0 Å². The smallest absolute Gasteiger partial charge is 0.460 e. The third-order valence-corrected chi connectivity index (χ3v) is 7.56. The van der Waals surface area contributed by atoms with E-state index in [1.54, 1.807) is 11.8 Å². The summed E-state index contributed by atoms with van der Waals surface area (Å²) in [6.45, 7) is 9.06. The first-order valence-corrected chi connectivity index (χ1v) is 13.2. The summed E-state index contributed by atoms with van der Waals surface area (Å²) in [4.78, 5) is 11.7. The summed E-state index contributed by atoms with van der Waals surface area (Å²) in [6, 6.07) is 0.823. The highest BCUT2D eigenvalue weighted by atomic mass is 32.2. The van der Waals surface area contributed by atoms with Gasteiger partial charge in [0.05, 0.1) is 27.6 Å². The van der Waals surface area contributed by atoms with Crippen molar-refractivity contribution < 1.29 is 44.6 Å². The molecule has 0 saturated heterocycles. The molecule has 0 bridgehead atoms. The highest BCUT2D eigenvalue weighted by molar-refractivity contribution is 7.99. The van der Waals surface area contributed by atoms with Crippen molar-refractivity contribution in [1.82, 2.24) is 0 Å². The maximum atomic E-state index is 11.7. The number of carbonyl (C=O) groups is 1. The lowest BCUT2D eigenvalue weighted by Crippen LogP contribution is -2.46. The summed E-state index contributed by atoms with van der Waals surface area (Å²) in [5.74, 6) is 1.65. The Morgan fingerprint density at radius 1 is 0.933 bits per heavy atom. The predicted octanol–water partition coefficient (Wildman–Crippen LogP) is 4.10. The molecule has 0 amide bonds. The van der Waals surface area contributed by atoms with Crippen LogP contribution in [0.2, 0.25) is 6.04 Å². The first-order valence-electron chi connectivity index (χ1n) is 10.1. The van der Waals surface area contributed by atoms with Crippen molar-refractivity contribution in [2.75, 3.05) is 65.6 Å². The lowest BCUT2D eigenvalue weighted by atomic mass is 10.3. The van der Waals surface area contributed by atoms with E-state index in [0.717, 1.165) is 35.0 Å². The average Bonchev–Trinajstić information content (AvgIpc) is 2.56. The van der Waals surface area contributed by atoms with Crippen LogP contribution in [-0.2, 0) is 22.8 Å². The summed E-state index contributed by atoms with van der Waals surface area (Å²) >= 11 is 1.77. The van der Waals surface area contributed by atoms with Gasteiger partial charge in [0, 0.05) is 31.6 Å². The van der Waals surface area contributed by atoms with E-state index in [9.17, 15) is 22.1 Å². The average molecular weight is 483 g/mol. The van der Waals surface area contributed by atoms with Crippen LogP contribution in [0.25, 0.3) is 0 Å². The number of carbonyl (C=O) groups excluding carboxylic acids is 1. The number of hydrogen-bond donors (Lipinski definition) is 0. The van der Waals surface area contributed by atoms with Crippen LogP contribution in [0.5, 0.6) is 0 Å². The Kier molecular flexibility index (Phi) is 18.3. The minimum absolute atomic E-state index is 0.109. The topological polar surface area (TPSA) is 54.0 Å². The minimum atomic E-state index is -6.00. The second-order valence-electron chi connectivity index (χ2n) is 7.18. The molecule has 0 aromatic rings. The van der Waals surface area contributed by atoms with Gasteiger partial charge < -0.3 is 39.8 Å². The standard InChI is InChI=1S/C17H38NO5SSi.BF4/c1-7-21-25(22-8-2,23-9-3)16-10-14-24-15-11-17(19)20-13-12-18(4,5)6;2-1(3,4)5/h7-16H2,1-6H3;/q+1;-1. The summed E-state index contributed by atoms with van der Waals surface area (Å²) in [7, 11) is -2.27. The second kappa shape index (κ2) is 17.2. The zero-order valence-electron chi connectivity index (χ0n) is 19.1. The fourth-order valence-electron chi connectivity index (χ4n) is 2.16. The molecule has 0 aliphatic rings. The molecule has 0 aliphatic carbocycles. The summed E-state index contributed by atoms with van der Waals surface area (Å²) in [5.41, 5.74) is 0. The molecule has 0 aromatic heterocycles. The van der Waals surface area contributed by atoms with Gasteiger partial charge in [0.15, 0.2) is 0 Å². The number of hydrogen-bond acceptors (Lipinski definition) is 6. The molecule has 0 unspecified atom stereocenters. The van der Waals surface area contributed by atoms with Crippen LogP contribution in [0.3, 0.4) is 0 Å². The van der Waals surface area contributed by atoms with Gasteiger partial charge in [0.1, 0.15) is 13.2 Å². The zero-order valence-corrected chi connectivity index (χ0v) is 20.9. The van der Waals surface area contributed by atoms with Gasteiger partial charge in [-0.05, 0) is 32.9 Å². The Balaban J connectivity index is 0. The van der Waals surface area contributed by atoms with Gasteiger partial charge in [-0.3, -0.25) is 4.79 Å². The lowest BCUT2D eigenvalue weighted by molar-refractivity contribution is -0.870. The van der Waals surface area contributed by atoms with Crippen molar-refractivity contribution in [2.45, 2.75) is 39.7 Å². The Labute approximate surface area is 184 Å². The van der Waals surface area contributed by atoms with Crippen LogP contribution in [0.1, 0.15) is 33.6 Å². The number of esters is 1. The molecule has 0 spiro atoms. The number of rotatable bonds is 16. The van der Waals surface area contributed by atoms with Crippen molar-refractivity contribution in [1.29, 1.82) is 0 Å². The SMILES string of the molecule is CCO[Si](CCCSCCC(=O)OCC[N+](C)(C)C)(OCC)OCC.F[B-](F)(F)F. The van der Waals surface area contributed by atoms with Gasteiger partial charge in [-0.15, -0.1) is 0 Å². The molecule has 0 fully saturated rings. The molecule has 6 nitrogen and oxygen atoms in total. The number of ether oxygens (including phenoxy) is 1. The number of quaternary nitrogens is 1. The molecule has 0 saturated carbocycles. The maximum absolute atomic E-state index is 11.7. The van der Waals surface area contributed by atoms with Gasteiger partial charge in [-0.1, -0.05) is 0 Å². The van der Waals surface area contributed by atoms with E-state index >= 15 is 0 Å². The molecule has 13 heteroatoms. The first kappa shape index (κ1) is 31.8. The van der Waals surface area contributed by atoms with Crippen molar-refractivity contribution in [2.24, 2.45) is 0 Å². The van der Waals surface area contributed by atoms with E-state index in [1.165, 1.54) is 0 Å². The van der Waals surface area contributed by atoms with Crippen LogP contribution < -0.4 is 0 Å². The van der Waals surface area contributed by atoms with Crippen LogP contribution in [0, 0.1) is 0 Å². The molecule has 0 N–H and O–H groups in total. The van der Waals surface area contributed by atoms with E-state index in [2.05, 4.69) is 21.1 Å². The van der Waals surface area contributed by atoms with Gasteiger partial charge in [0.2, 0.25) is 0 Å². The quantitative estimate of drug-likeness (QED) is 0.108. The maximum Gasteiger partial charge on any atom is 0.673 e. The van der Waals surface area contributed by atoms with Crippen LogP contribution in [0.4, 0.5) is 17.3 Å². The molecule has 0 atom stereocenters. The Morgan fingerprint density at radius 3 is 1.80 bits per heavy atom. The largest absolute Gasteiger partial charge is 0.673 e. The molecule has 0 rings (SSSR count). The summed E-state index contributed by atoms with van der Waals surface area (Å²) < 4.78 is 62.6. The monoisotopic (exact) mass is 483 g/mol. The highest BCUT2D eigenvalue weighted by Gasteiger charge is 2.39. The fraction of sp³-hybridized carbons (Fsp3) is 0.941. The molecule has 0 heterocycles. The molecule has 0 aromatic carbocycles. The Morgan fingerprint density at radius 2 is 1.40 bits per heavy atom. The van der Waals surface area contributed by atoms with Gasteiger partial charge in [0.25, 0.3) is 0 Å². The molecule has 0 aliphatic heterocycles. The van der Waals surface area contributed by atoms with Gasteiger partial charge in [-0.25, -0.2) is 0 Å². The Bertz CT molecular complexity index is 422. The van der Waals surface area contributed by atoms with Crippen molar-refractivity contribution in [3.63, 3.8) is 0 Å². The van der Waals surface area contributed by atoms with Crippen LogP contribution in [-0.4, -0.2) is 92.1 Å². The number of halogens is 4. The molecule has 30 heavy (non-hydrogen) atoms. The van der Waals surface area contributed by atoms with E-state index in [0.29, 0.717) is 32.8 Å². The first-order chi connectivity index (χ1) is 13.8. The van der Waals surface area contributed by atoms with Crippen molar-refractivity contribution in [3.8, 4) is 0 Å². The number of nitrogens with zero attached hydrogens (tertiary/aromatic N) is 1. The van der Waals surface area contributed by atoms with E-state index in [4.69, 9.17) is 18.0 Å². The van der Waals surface area contributed by atoms with Crippen LogP contribution in [0.15, 0.2) is 0 Å². The number of likely N-dealkylation sites (N-methyl/N-ethyl adjacent to an activating group) is 1. The minimum Gasteiger partial charge on any atom is -0.460 e. The van der Waals surface area contributed by atoms with Crippen molar-refractivity contribution >= 4 is 33.8 Å². The fourth-order valence-corrected chi connectivity index (χ4v) is 5.89. The zero-order chi connectivity index (χ0) is 23.7.